The van der Waals surface area contributed by atoms with E-state index >= 15 is 0 Å². The second kappa shape index (κ2) is 20.6. The normalized spacial score (nSPS) is 16.1. The molecule has 0 amide bonds. The molecule has 0 fully saturated rings. The van der Waals surface area contributed by atoms with Crippen molar-refractivity contribution < 1.29 is 15.3 Å². The standard InChI is InChI=1S/C24H51O3P/c1-4-7-10-13-16-19-22(25)28(23(26)20-17-14-11-8-5-2)24(27)21-18-15-12-9-6-3/h22-27H,4-21H2,1-3H3. The molecule has 0 aliphatic heterocycles. The number of unbranched alkanes of at least 4 members (excludes halogenated alkanes) is 12. The van der Waals surface area contributed by atoms with Gasteiger partial charge in [-0.2, -0.15) is 0 Å². The largest absolute Gasteiger partial charge is 0.388 e. The molecule has 4 heteroatoms. The first kappa shape index (κ1) is 28.3. The van der Waals surface area contributed by atoms with E-state index in [0.29, 0.717) is 0 Å². The second-order valence-corrected chi connectivity index (χ2v) is 11.2. The molecule has 0 radical (unpaired) electrons. The van der Waals surface area contributed by atoms with Crippen molar-refractivity contribution in [2.45, 2.75) is 154 Å². The van der Waals surface area contributed by atoms with Gasteiger partial charge in [0.1, 0.15) is 0 Å². The first-order valence-corrected chi connectivity index (χ1v) is 13.9. The quantitative estimate of drug-likeness (QED) is 0.133. The van der Waals surface area contributed by atoms with Crippen LogP contribution in [0.15, 0.2) is 0 Å². The molecule has 0 bridgehead atoms. The average Bonchev–Trinajstić information content (AvgIpc) is 2.67. The number of hydrogen-bond donors (Lipinski definition) is 3. The maximum absolute atomic E-state index is 10.8. The van der Waals surface area contributed by atoms with Crippen LogP contribution >= 0.6 is 7.92 Å². The molecule has 170 valence electrons. The summed E-state index contributed by atoms with van der Waals surface area (Å²) in [6, 6.07) is 0. The molecule has 0 aliphatic carbocycles. The number of hydrogen-bond acceptors (Lipinski definition) is 3. The van der Waals surface area contributed by atoms with E-state index in [1.165, 1.54) is 57.8 Å². The molecule has 0 saturated carbocycles. The molecule has 0 aliphatic rings. The number of aliphatic hydroxyl groups excluding tert-OH is 3. The fourth-order valence-electron chi connectivity index (χ4n) is 3.83. The van der Waals surface area contributed by atoms with E-state index in [1.54, 1.807) is 0 Å². The van der Waals surface area contributed by atoms with Gasteiger partial charge in [-0.15, -0.1) is 0 Å². The van der Waals surface area contributed by atoms with Gasteiger partial charge < -0.3 is 15.3 Å². The lowest BCUT2D eigenvalue weighted by Crippen LogP contribution is -2.23. The molecule has 28 heavy (non-hydrogen) atoms. The zero-order valence-corrected chi connectivity index (χ0v) is 20.1. The van der Waals surface area contributed by atoms with Crippen LogP contribution in [0.25, 0.3) is 0 Å². The van der Waals surface area contributed by atoms with Crippen LogP contribution in [0.5, 0.6) is 0 Å². The minimum Gasteiger partial charge on any atom is -0.388 e. The van der Waals surface area contributed by atoms with Gasteiger partial charge in [-0.3, -0.25) is 0 Å². The van der Waals surface area contributed by atoms with Crippen LogP contribution in [-0.4, -0.2) is 32.9 Å². The van der Waals surface area contributed by atoms with E-state index in [2.05, 4.69) is 20.8 Å². The second-order valence-electron chi connectivity index (χ2n) is 8.50. The summed E-state index contributed by atoms with van der Waals surface area (Å²) in [5.41, 5.74) is 0. The van der Waals surface area contributed by atoms with Gasteiger partial charge >= 0.3 is 0 Å². The summed E-state index contributed by atoms with van der Waals surface area (Å²) in [5, 5.41) is 32.4. The number of rotatable bonds is 21. The Labute approximate surface area is 177 Å². The molecule has 0 aromatic heterocycles. The molecule has 3 unspecified atom stereocenters. The van der Waals surface area contributed by atoms with Crippen LogP contribution in [0.4, 0.5) is 0 Å². The fourth-order valence-corrected chi connectivity index (χ4v) is 6.47. The predicted octanol–water partition coefficient (Wildman–Crippen LogP) is 7.51. The fraction of sp³-hybridized carbons (Fsp3) is 1.00. The molecule has 3 N–H and O–H groups in total. The lowest BCUT2D eigenvalue weighted by atomic mass is 10.1. The zero-order valence-electron chi connectivity index (χ0n) is 19.2. The molecular weight excluding hydrogens is 367 g/mol. The third-order valence-electron chi connectivity index (χ3n) is 5.73. The van der Waals surface area contributed by atoms with E-state index in [0.717, 1.165) is 57.8 Å². The third-order valence-corrected chi connectivity index (χ3v) is 8.57. The van der Waals surface area contributed by atoms with Gasteiger partial charge in [0.25, 0.3) is 0 Å². The van der Waals surface area contributed by atoms with Gasteiger partial charge in [0.2, 0.25) is 0 Å². The summed E-state index contributed by atoms with van der Waals surface area (Å²) in [5.74, 6) is -1.56. The summed E-state index contributed by atoms with van der Waals surface area (Å²) < 4.78 is 0. The van der Waals surface area contributed by atoms with Crippen LogP contribution in [0, 0.1) is 0 Å². The van der Waals surface area contributed by atoms with Crippen molar-refractivity contribution in [1.29, 1.82) is 0 Å². The van der Waals surface area contributed by atoms with Crippen LogP contribution in [0.3, 0.4) is 0 Å². The van der Waals surface area contributed by atoms with E-state index in [-0.39, 0.29) is 0 Å². The number of aliphatic hydroxyl groups is 3. The van der Waals surface area contributed by atoms with Crippen molar-refractivity contribution in [3.8, 4) is 0 Å². The van der Waals surface area contributed by atoms with E-state index in [4.69, 9.17) is 0 Å². The van der Waals surface area contributed by atoms with Crippen molar-refractivity contribution in [2.24, 2.45) is 0 Å². The van der Waals surface area contributed by atoms with Gasteiger partial charge in [-0.05, 0) is 27.2 Å². The average molecular weight is 419 g/mol. The molecule has 0 aromatic carbocycles. The molecule has 0 spiro atoms. The van der Waals surface area contributed by atoms with Crippen molar-refractivity contribution in [1.82, 2.24) is 0 Å². The van der Waals surface area contributed by atoms with Crippen LogP contribution < -0.4 is 0 Å². The molecular formula is C24H51O3P. The Morgan fingerprint density at radius 1 is 0.429 bits per heavy atom. The van der Waals surface area contributed by atoms with Crippen LogP contribution in [-0.2, 0) is 0 Å². The van der Waals surface area contributed by atoms with Crippen molar-refractivity contribution in [3.63, 3.8) is 0 Å². The van der Waals surface area contributed by atoms with Crippen molar-refractivity contribution in [3.05, 3.63) is 0 Å². The Balaban J connectivity index is 4.48. The highest BCUT2D eigenvalue weighted by atomic mass is 31.1. The highest BCUT2D eigenvalue weighted by molar-refractivity contribution is 7.59. The minimum absolute atomic E-state index is 0.520. The van der Waals surface area contributed by atoms with E-state index in [1.807, 2.05) is 0 Å². The van der Waals surface area contributed by atoms with Gasteiger partial charge in [-0.1, -0.05) is 117 Å². The first-order chi connectivity index (χ1) is 13.6. The Kier molecular flexibility index (Phi) is 20.8. The first-order valence-electron chi connectivity index (χ1n) is 12.4. The SMILES string of the molecule is CCCCCCCC(O)P(C(O)CCCCCCC)C(O)CCCCCCC. The predicted molar refractivity (Wildman–Crippen MR) is 125 cm³/mol. The van der Waals surface area contributed by atoms with Crippen molar-refractivity contribution >= 4 is 7.92 Å². The Morgan fingerprint density at radius 3 is 0.929 bits per heavy atom. The van der Waals surface area contributed by atoms with E-state index in [9.17, 15) is 15.3 Å². The van der Waals surface area contributed by atoms with Gasteiger partial charge in [-0.25, -0.2) is 0 Å². The summed E-state index contributed by atoms with van der Waals surface area (Å²) in [6.45, 7) is 6.63. The molecule has 3 nitrogen and oxygen atoms in total. The molecule has 3 atom stereocenters. The topological polar surface area (TPSA) is 60.7 Å². The maximum atomic E-state index is 10.8. The summed E-state index contributed by atoms with van der Waals surface area (Å²) in [7, 11) is -1.15. The molecule has 0 rings (SSSR count). The Bertz CT molecular complexity index is 267. The van der Waals surface area contributed by atoms with Crippen LogP contribution in [0.2, 0.25) is 0 Å². The summed E-state index contributed by atoms with van der Waals surface area (Å²) in [4.78, 5) is 0. The lowest BCUT2D eigenvalue weighted by molar-refractivity contribution is 0.177. The smallest absolute Gasteiger partial charge is 0.0780 e. The van der Waals surface area contributed by atoms with Gasteiger partial charge in [0.05, 0.1) is 17.5 Å². The Hall–Kier alpha value is 0.310. The van der Waals surface area contributed by atoms with E-state index < -0.39 is 25.5 Å². The maximum Gasteiger partial charge on any atom is 0.0780 e. The van der Waals surface area contributed by atoms with Gasteiger partial charge in [0.15, 0.2) is 0 Å². The van der Waals surface area contributed by atoms with Crippen molar-refractivity contribution in [2.75, 3.05) is 0 Å². The molecule has 0 aromatic rings. The third kappa shape index (κ3) is 15.2. The molecule has 0 saturated heterocycles. The molecule has 0 heterocycles. The minimum atomic E-state index is -1.15. The van der Waals surface area contributed by atoms with Crippen LogP contribution in [0.1, 0.15) is 136 Å². The monoisotopic (exact) mass is 418 g/mol. The highest BCUT2D eigenvalue weighted by Gasteiger charge is 2.32. The lowest BCUT2D eigenvalue weighted by Gasteiger charge is -2.32. The summed E-state index contributed by atoms with van der Waals surface area (Å²) in [6.07, 6.45) is 19.8. The van der Waals surface area contributed by atoms with Gasteiger partial charge in [0, 0.05) is 0 Å². The highest BCUT2D eigenvalue weighted by Crippen LogP contribution is 2.52. The Morgan fingerprint density at radius 2 is 0.679 bits per heavy atom. The summed E-state index contributed by atoms with van der Waals surface area (Å²) >= 11 is 0. The zero-order chi connectivity index (χ0) is 21.0.